The number of rotatable bonds is 6. The van der Waals surface area contributed by atoms with Crippen LogP contribution in [0.3, 0.4) is 0 Å². The number of carboxylic acids is 1. The molecule has 1 unspecified atom stereocenters. The van der Waals surface area contributed by atoms with Crippen LogP contribution in [-0.4, -0.2) is 17.1 Å². The molecular formula is C20H21F2NO2. The van der Waals surface area contributed by atoms with Gasteiger partial charge in [-0.25, -0.2) is 8.78 Å². The predicted octanol–water partition coefficient (Wildman–Crippen LogP) is 4.32. The number of hydrogen-bond donors (Lipinski definition) is 2. The lowest BCUT2D eigenvalue weighted by molar-refractivity contribution is -0.138. The molecule has 0 fully saturated rings. The second kappa shape index (κ2) is 8.03. The largest absolute Gasteiger partial charge is 0.480 e. The van der Waals surface area contributed by atoms with Gasteiger partial charge in [-0.2, -0.15) is 0 Å². The highest BCUT2D eigenvalue weighted by molar-refractivity contribution is 5.81. The number of carbonyl (C=O) groups is 1. The fourth-order valence-corrected chi connectivity index (χ4v) is 2.48. The minimum atomic E-state index is -1.13. The average Bonchev–Trinajstić information content (AvgIpc) is 2.56. The van der Waals surface area contributed by atoms with Gasteiger partial charge in [0.15, 0.2) is 0 Å². The van der Waals surface area contributed by atoms with E-state index in [4.69, 9.17) is 10.8 Å². The maximum absolute atomic E-state index is 14.2. The lowest BCUT2D eigenvalue weighted by Crippen LogP contribution is -2.29. The summed E-state index contributed by atoms with van der Waals surface area (Å²) in [6.45, 7) is 4.13. The Morgan fingerprint density at radius 3 is 2.32 bits per heavy atom. The molecule has 0 amide bonds. The van der Waals surface area contributed by atoms with E-state index in [-0.39, 0.29) is 12.0 Å². The third-order valence-corrected chi connectivity index (χ3v) is 4.00. The Kier molecular flexibility index (Phi) is 6.04. The van der Waals surface area contributed by atoms with Crippen LogP contribution < -0.4 is 5.73 Å². The predicted molar refractivity (Wildman–Crippen MR) is 94.2 cm³/mol. The summed E-state index contributed by atoms with van der Waals surface area (Å²) in [5, 5.41) is 8.95. The summed E-state index contributed by atoms with van der Waals surface area (Å²) >= 11 is 0. The summed E-state index contributed by atoms with van der Waals surface area (Å²) in [6, 6.07) is 9.80. The fourth-order valence-electron chi connectivity index (χ4n) is 2.48. The van der Waals surface area contributed by atoms with Crippen LogP contribution in [-0.2, 0) is 4.79 Å². The van der Waals surface area contributed by atoms with E-state index in [0.717, 1.165) is 11.6 Å². The van der Waals surface area contributed by atoms with Gasteiger partial charge >= 0.3 is 5.97 Å². The molecule has 0 aliphatic rings. The van der Waals surface area contributed by atoms with Crippen LogP contribution in [0.25, 0.3) is 5.57 Å². The number of halogens is 2. The Hall–Kier alpha value is -2.53. The zero-order valence-electron chi connectivity index (χ0n) is 14.2. The number of aliphatic carboxylic acids is 1. The van der Waals surface area contributed by atoms with Crippen molar-refractivity contribution in [3.8, 4) is 0 Å². The Labute approximate surface area is 145 Å². The van der Waals surface area contributed by atoms with E-state index in [1.807, 2.05) is 24.3 Å². The van der Waals surface area contributed by atoms with Crippen molar-refractivity contribution in [2.75, 3.05) is 0 Å². The lowest BCUT2D eigenvalue weighted by Gasteiger charge is -2.13. The molecule has 0 aliphatic carbocycles. The Bertz CT molecular complexity index is 783. The molecule has 3 nitrogen and oxygen atoms in total. The first-order valence-corrected chi connectivity index (χ1v) is 8.04. The van der Waals surface area contributed by atoms with E-state index in [0.29, 0.717) is 17.1 Å². The highest BCUT2D eigenvalue weighted by Crippen LogP contribution is 2.28. The van der Waals surface area contributed by atoms with Crippen molar-refractivity contribution in [1.82, 2.24) is 0 Å². The van der Waals surface area contributed by atoms with Gasteiger partial charge in [0.05, 0.1) is 0 Å². The first-order valence-electron chi connectivity index (χ1n) is 8.04. The van der Waals surface area contributed by atoms with E-state index in [2.05, 4.69) is 13.8 Å². The molecule has 25 heavy (non-hydrogen) atoms. The van der Waals surface area contributed by atoms with Gasteiger partial charge in [0.2, 0.25) is 0 Å². The summed E-state index contributed by atoms with van der Waals surface area (Å²) in [4.78, 5) is 10.9. The summed E-state index contributed by atoms with van der Waals surface area (Å²) in [7, 11) is 0. The third kappa shape index (κ3) is 4.73. The first-order chi connectivity index (χ1) is 11.8. The van der Waals surface area contributed by atoms with Crippen molar-refractivity contribution in [3.05, 3.63) is 76.9 Å². The molecule has 0 spiro atoms. The molecule has 0 bridgehead atoms. The molecule has 0 aliphatic heterocycles. The Morgan fingerprint density at radius 2 is 1.80 bits per heavy atom. The highest BCUT2D eigenvalue weighted by Gasteiger charge is 2.15. The van der Waals surface area contributed by atoms with E-state index in [9.17, 15) is 13.6 Å². The van der Waals surface area contributed by atoms with Gasteiger partial charge in [0.1, 0.15) is 17.7 Å². The molecule has 132 valence electrons. The topological polar surface area (TPSA) is 63.3 Å². The maximum Gasteiger partial charge on any atom is 0.320 e. The van der Waals surface area contributed by atoms with Crippen molar-refractivity contribution in [2.45, 2.75) is 32.2 Å². The molecule has 0 radical (unpaired) electrons. The fraction of sp³-hybridized carbons (Fsp3) is 0.250. The number of carboxylic acid groups (broad SMARTS) is 1. The van der Waals surface area contributed by atoms with E-state index < -0.39 is 23.6 Å². The second-order valence-corrected chi connectivity index (χ2v) is 6.20. The molecule has 0 heterocycles. The summed E-state index contributed by atoms with van der Waals surface area (Å²) < 4.78 is 27.5. The zero-order chi connectivity index (χ0) is 18.6. The molecular weight excluding hydrogens is 324 g/mol. The van der Waals surface area contributed by atoms with Gasteiger partial charge in [-0.05, 0) is 41.2 Å². The summed E-state index contributed by atoms with van der Waals surface area (Å²) in [5.74, 6) is -2.16. The molecule has 2 aromatic carbocycles. The van der Waals surface area contributed by atoms with Crippen molar-refractivity contribution in [2.24, 2.45) is 5.73 Å². The molecule has 2 rings (SSSR count). The molecule has 0 saturated heterocycles. The van der Waals surface area contributed by atoms with Crippen LogP contribution in [0.5, 0.6) is 0 Å². The van der Waals surface area contributed by atoms with Gasteiger partial charge in [0.25, 0.3) is 0 Å². The average molecular weight is 345 g/mol. The molecule has 1 atom stereocenters. The smallest absolute Gasteiger partial charge is 0.320 e. The van der Waals surface area contributed by atoms with Crippen LogP contribution >= 0.6 is 0 Å². The van der Waals surface area contributed by atoms with Crippen LogP contribution in [0.2, 0.25) is 0 Å². The van der Waals surface area contributed by atoms with Gasteiger partial charge < -0.3 is 10.8 Å². The molecule has 0 aromatic heterocycles. The van der Waals surface area contributed by atoms with Gasteiger partial charge in [-0.15, -0.1) is 0 Å². The van der Waals surface area contributed by atoms with Crippen LogP contribution in [0, 0.1) is 11.6 Å². The Balaban J connectivity index is 2.48. The minimum Gasteiger partial charge on any atom is -0.480 e. The van der Waals surface area contributed by atoms with E-state index in [1.165, 1.54) is 12.1 Å². The maximum atomic E-state index is 14.2. The number of hydrogen-bond acceptors (Lipinski definition) is 2. The van der Waals surface area contributed by atoms with Crippen LogP contribution in [0.15, 0.2) is 48.5 Å². The SMILES string of the molecule is CC(C)c1ccc(/C(=C\CC(N)C(=O)O)c2ccc(F)cc2F)cc1. The quantitative estimate of drug-likeness (QED) is 0.819. The van der Waals surface area contributed by atoms with Crippen molar-refractivity contribution < 1.29 is 18.7 Å². The minimum absolute atomic E-state index is 0.0351. The standard InChI is InChI=1S/C20H21F2NO2/c1-12(2)13-3-5-14(6-4-13)16(9-10-19(23)20(24)25)17-8-7-15(21)11-18(17)22/h3-9,11-12,19H,10,23H2,1-2H3,(H,24,25)/b16-9+. The number of nitrogens with two attached hydrogens (primary N) is 1. The molecule has 2 aromatic rings. The molecule has 3 N–H and O–H groups in total. The highest BCUT2D eigenvalue weighted by atomic mass is 19.1. The summed E-state index contributed by atoms with van der Waals surface area (Å²) in [6.07, 6.45) is 1.62. The lowest BCUT2D eigenvalue weighted by atomic mass is 9.93. The van der Waals surface area contributed by atoms with Crippen molar-refractivity contribution >= 4 is 11.5 Å². The van der Waals surface area contributed by atoms with Crippen LogP contribution in [0.4, 0.5) is 8.78 Å². The van der Waals surface area contributed by atoms with Crippen molar-refractivity contribution in [3.63, 3.8) is 0 Å². The molecule has 0 saturated carbocycles. The number of benzene rings is 2. The van der Waals surface area contributed by atoms with Crippen LogP contribution in [0.1, 0.15) is 42.9 Å². The molecule has 5 heteroatoms. The Morgan fingerprint density at radius 1 is 1.16 bits per heavy atom. The first kappa shape index (κ1) is 18.8. The second-order valence-electron chi connectivity index (χ2n) is 6.20. The third-order valence-electron chi connectivity index (χ3n) is 4.00. The normalized spacial score (nSPS) is 13.1. The van der Waals surface area contributed by atoms with E-state index in [1.54, 1.807) is 6.08 Å². The van der Waals surface area contributed by atoms with Crippen molar-refractivity contribution in [1.29, 1.82) is 0 Å². The van der Waals surface area contributed by atoms with E-state index >= 15 is 0 Å². The summed E-state index contributed by atoms with van der Waals surface area (Å²) in [5.41, 5.74) is 8.09. The van der Waals surface area contributed by atoms with Gasteiger partial charge in [0, 0.05) is 11.6 Å². The monoisotopic (exact) mass is 345 g/mol. The van der Waals surface area contributed by atoms with Gasteiger partial charge in [-0.3, -0.25) is 4.79 Å². The van der Waals surface area contributed by atoms with Gasteiger partial charge in [-0.1, -0.05) is 44.2 Å². The zero-order valence-corrected chi connectivity index (χ0v) is 14.2.